The summed E-state index contributed by atoms with van der Waals surface area (Å²) >= 11 is 5.87. The molecule has 0 aliphatic carbocycles. The summed E-state index contributed by atoms with van der Waals surface area (Å²) in [6.07, 6.45) is -4.94. The van der Waals surface area contributed by atoms with Crippen LogP contribution in [0.25, 0.3) is 0 Å². The van der Waals surface area contributed by atoms with Crippen LogP contribution in [-0.4, -0.2) is 17.2 Å². The summed E-state index contributed by atoms with van der Waals surface area (Å²) in [7, 11) is 1.42. The van der Waals surface area contributed by atoms with E-state index in [1.54, 1.807) is 6.07 Å². The Bertz CT molecular complexity index is 629. The largest absolute Gasteiger partial charge is 0.495 e. The van der Waals surface area contributed by atoms with Crippen molar-refractivity contribution < 1.29 is 23.0 Å². The van der Waals surface area contributed by atoms with Gasteiger partial charge in [0.1, 0.15) is 11.9 Å². The van der Waals surface area contributed by atoms with E-state index in [0.717, 1.165) is 12.1 Å². The fourth-order valence-electron chi connectivity index (χ4n) is 1.75. The van der Waals surface area contributed by atoms with E-state index in [2.05, 4.69) is 4.98 Å². The minimum Gasteiger partial charge on any atom is -0.495 e. The number of aliphatic hydroxyl groups is 1. The minimum absolute atomic E-state index is 0.104. The molecule has 1 aromatic heterocycles. The first kappa shape index (κ1) is 15.6. The fourth-order valence-corrected chi connectivity index (χ4v) is 1.95. The highest BCUT2D eigenvalue weighted by Gasteiger charge is 2.31. The maximum absolute atomic E-state index is 12.5. The molecule has 0 radical (unpaired) electrons. The number of alkyl halides is 3. The van der Waals surface area contributed by atoms with Crippen LogP contribution in [0.1, 0.15) is 22.9 Å². The first-order valence-corrected chi connectivity index (χ1v) is 6.25. The molecule has 2 aromatic rings. The van der Waals surface area contributed by atoms with E-state index in [1.807, 2.05) is 0 Å². The minimum atomic E-state index is -4.46. The predicted octanol–water partition coefficient (Wildman–Crippen LogP) is 3.84. The molecule has 21 heavy (non-hydrogen) atoms. The third-order valence-electron chi connectivity index (χ3n) is 2.88. The van der Waals surface area contributed by atoms with Crippen LogP contribution in [0.5, 0.6) is 5.75 Å². The van der Waals surface area contributed by atoms with Crippen molar-refractivity contribution in [3.8, 4) is 5.75 Å². The molecule has 0 aliphatic rings. The number of rotatable bonds is 3. The summed E-state index contributed by atoms with van der Waals surface area (Å²) < 4.78 is 42.4. The van der Waals surface area contributed by atoms with Crippen LogP contribution >= 0.6 is 11.6 Å². The molecule has 1 unspecified atom stereocenters. The lowest BCUT2D eigenvalue weighted by molar-refractivity contribution is -0.137. The van der Waals surface area contributed by atoms with Gasteiger partial charge in [-0.25, -0.2) is 0 Å². The fraction of sp³-hybridized carbons (Fsp3) is 0.214. The molecule has 112 valence electrons. The Morgan fingerprint density at radius 3 is 2.48 bits per heavy atom. The van der Waals surface area contributed by atoms with Gasteiger partial charge in [-0.15, -0.1) is 0 Å². The van der Waals surface area contributed by atoms with Gasteiger partial charge in [-0.1, -0.05) is 17.7 Å². The zero-order valence-electron chi connectivity index (χ0n) is 10.9. The maximum atomic E-state index is 12.5. The molecule has 0 spiro atoms. The van der Waals surface area contributed by atoms with Gasteiger partial charge < -0.3 is 9.84 Å². The number of ether oxygens (including phenoxy) is 1. The molecule has 0 aliphatic heterocycles. The molecule has 1 heterocycles. The van der Waals surface area contributed by atoms with Crippen molar-refractivity contribution in [2.24, 2.45) is 0 Å². The number of hydrogen-bond acceptors (Lipinski definition) is 3. The van der Waals surface area contributed by atoms with E-state index in [-0.39, 0.29) is 5.69 Å². The highest BCUT2D eigenvalue weighted by Crippen LogP contribution is 2.32. The van der Waals surface area contributed by atoms with E-state index in [4.69, 9.17) is 16.3 Å². The number of methoxy groups -OCH3 is 1. The summed E-state index contributed by atoms with van der Waals surface area (Å²) in [6.45, 7) is 0. The third kappa shape index (κ3) is 3.46. The van der Waals surface area contributed by atoms with Gasteiger partial charge in [-0.3, -0.25) is 4.98 Å². The SMILES string of the molecule is COc1cc(C(O)c2ccc(C(F)(F)F)cn2)ccc1Cl. The first-order valence-electron chi connectivity index (χ1n) is 5.87. The van der Waals surface area contributed by atoms with E-state index >= 15 is 0 Å². The van der Waals surface area contributed by atoms with Crippen LogP contribution in [0.2, 0.25) is 5.02 Å². The Hall–Kier alpha value is -1.79. The van der Waals surface area contributed by atoms with Gasteiger partial charge in [0, 0.05) is 6.20 Å². The van der Waals surface area contributed by atoms with Crippen LogP contribution in [0.15, 0.2) is 36.5 Å². The normalized spacial score (nSPS) is 13.0. The molecule has 2 rings (SSSR count). The van der Waals surface area contributed by atoms with Gasteiger partial charge in [0.25, 0.3) is 0 Å². The smallest absolute Gasteiger partial charge is 0.417 e. The molecular formula is C14H11ClF3NO2. The number of benzene rings is 1. The first-order chi connectivity index (χ1) is 9.82. The van der Waals surface area contributed by atoms with Gasteiger partial charge >= 0.3 is 6.18 Å². The molecule has 3 nitrogen and oxygen atoms in total. The van der Waals surface area contributed by atoms with Gasteiger partial charge in [-0.2, -0.15) is 13.2 Å². The zero-order valence-corrected chi connectivity index (χ0v) is 11.6. The van der Waals surface area contributed by atoms with E-state index in [9.17, 15) is 18.3 Å². The standard InChI is InChI=1S/C14H11ClF3NO2/c1-21-12-6-8(2-4-10(12)15)13(20)11-5-3-9(7-19-11)14(16,17)18/h2-7,13,20H,1H3. The lowest BCUT2D eigenvalue weighted by Crippen LogP contribution is -2.08. The lowest BCUT2D eigenvalue weighted by atomic mass is 10.1. The highest BCUT2D eigenvalue weighted by atomic mass is 35.5. The molecule has 7 heteroatoms. The Morgan fingerprint density at radius 1 is 1.24 bits per heavy atom. The Kier molecular flexibility index (Phi) is 4.39. The molecule has 0 fully saturated rings. The second-order valence-electron chi connectivity index (χ2n) is 4.27. The molecule has 0 amide bonds. The Morgan fingerprint density at radius 2 is 1.95 bits per heavy atom. The van der Waals surface area contributed by atoms with Gasteiger partial charge in [0.05, 0.1) is 23.4 Å². The molecule has 1 atom stereocenters. The Labute approximate surface area is 124 Å². The summed E-state index contributed by atoms with van der Waals surface area (Å²) in [6, 6.07) is 6.59. The van der Waals surface area contributed by atoms with Crippen LogP contribution in [0.4, 0.5) is 13.2 Å². The van der Waals surface area contributed by atoms with E-state index < -0.39 is 17.8 Å². The van der Waals surface area contributed by atoms with Gasteiger partial charge in [-0.05, 0) is 29.8 Å². The van der Waals surface area contributed by atoms with E-state index in [1.165, 1.54) is 19.2 Å². The number of nitrogens with zero attached hydrogens (tertiary/aromatic N) is 1. The van der Waals surface area contributed by atoms with Crippen molar-refractivity contribution in [3.63, 3.8) is 0 Å². The molecule has 1 N–H and O–H groups in total. The van der Waals surface area contributed by atoms with Crippen molar-refractivity contribution >= 4 is 11.6 Å². The quantitative estimate of drug-likeness (QED) is 0.935. The zero-order chi connectivity index (χ0) is 15.6. The monoisotopic (exact) mass is 317 g/mol. The van der Waals surface area contributed by atoms with Gasteiger partial charge in [0.15, 0.2) is 0 Å². The molecule has 1 aromatic carbocycles. The lowest BCUT2D eigenvalue weighted by Gasteiger charge is -2.13. The Balaban J connectivity index is 2.29. The van der Waals surface area contributed by atoms with Crippen molar-refractivity contribution in [3.05, 3.63) is 58.4 Å². The number of aliphatic hydroxyl groups excluding tert-OH is 1. The number of halogens is 4. The summed E-state index contributed by atoms with van der Waals surface area (Å²) in [5.41, 5.74) is -0.344. The molecule has 0 bridgehead atoms. The van der Waals surface area contributed by atoms with Crippen molar-refractivity contribution in [1.82, 2.24) is 4.98 Å². The number of hydrogen-bond donors (Lipinski definition) is 1. The van der Waals surface area contributed by atoms with E-state index in [0.29, 0.717) is 22.5 Å². The second kappa shape index (κ2) is 5.91. The third-order valence-corrected chi connectivity index (χ3v) is 3.20. The van der Waals surface area contributed by atoms with Crippen LogP contribution in [-0.2, 0) is 6.18 Å². The van der Waals surface area contributed by atoms with Crippen molar-refractivity contribution in [1.29, 1.82) is 0 Å². The average molecular weight is 318 g/mol. The maximum Gasteiger partial charge on any atom is 0.417 e. The summed E-state index contributed by atoms with van der Waals surface area (Å²) in [5.74, 6) is 0.361. The average Bonchev–Trinajstić information content (AvgIpc) is 2.46. The van der Waals surface area contributed by atoms with Crippen molar-refractivity contribution in [2.45, 2.75) is 12.3 Å². The number of aromatic nitrogens is 1. The molecule has 0 saturated heterocycles. The molecule has 0 saturated carbocycles. The number of pyridine rings is 1. The topological polar surface area (TPSA) is 42.4 Å². The van der Waals surface area contributed by atoms with Gasteiger partial charge in [0.2, 0.25) is 0 Å². The van der Waals surface area contributed by atoms with Crippen LogP contribution < -0.4 is 4.74 Å². The molecular weight excluding hydrogens is 307 g/mol. The van der Waals surface area contributed by atoms with Crippen LogP contribution in [0, 0.1) is 0 Å². The highest BCUT2D eigenvalue weighted by molar-refractivity contribution is 6.32. The predicted molar refractivity (Wildman–Crippen MR) is 71.3 cm³/mol. The van der Waals surface area contributed by atoms with Crippen LogP contribution in [0.3, 0.4) is 0 Å². The second-order valence-corrected chi connectivity index (χ2v) is 4.67. The van der Waals surface area contributed by atoms with Crippen molar-refractivity contribution in [2.75, 3.05) is 7.11 Å². The summed E-state index contributed by atoms with van der Waals surface area (Å²) in [4.78, 5) is 3.66. The summed E-state index contributed by atoms with van der Waals surface area (Å²) in [5, 5.41) is 10.5.